The first-order chi connectivity index (χ1) is 10.1. The third-order valence-electron chi connectivity index (χ3n) is 3.49. The van der Waals surface area contributed by atoms with Gasteiger partial charge in [-0.05, 0) is 42.5 Å². The molecule has 0 spiro atoms. The first-order valence-corrected chi connectivity index (χ1v) is 7.66. The van der Waals surface area contributed by atoms with Crippen molar-refractivity contribution in [3.63, 3.8) is 0 Å². The van der Waals surface area contributed by atoms with Gasteiger partial charge in [0.15, 0.2) is 0 Å². The number of hydrogen-bond donors (Lipinski definition) is 1. The van der Waals surface area contributed by atoms with Crippen LogP contribution in [0.5, 0.6) is 0 Å². The second-order valence-electron chi connectivity index (χ2n) is 5.30. The minimum Gasteiger partial charge on any atom is -0.383 e. The number of hydrogen-bond acceptors (Lipinski definition) is 3. The van der Waals surface area contributed by atoms with E-state index in [-0.39, 0.29) is 17.9 Å². The van der Waals surface area contributed by atoms with E-state index in [0.717, 1.165) is 22.6 Å². The maximum absolute atomic E-state index is 13.3. The summed E-state index contributed by atoms with van der Waals surface area (Å²) in [5.41, 5.74) is 1.22. The fourth-order valence-electron chi connectivity index (χ4n) is 2.06. The maximum atomic E-state index is 13.3. The lowest BCUT2D eigenvalue weighted by molar-refractivity contribution is 0.609. The Kier molecular flexibility index (Phi) is 4.05. The quantitative estimate of drug-likeness (QED) is 0.900. The van der Waals surface area contributed by atoms with E-state index in [9.17, 15) is 9.18 Å². The molecule has 1 aliphatic carbocycles. The van der Waals surface area contributed by atoms with Gasteiger partial charge in [0.2, 0.25) is 0 Å². The topological polar surface area (TPSA) is 46.9 Å². The smallest absolute Gasteiger partial charge is 0.269 e. The van der Waals surface area contributed by atoms with Gasteiger partial charge in [-0.3, -0.25) is 4.79 Å². The van der Waals surface area contributed by atoms with Gasteiger partial charge in [-0.1, -0.05) is 15.9 Å². The summed E-state index contributed by atoms with van der Waals surface area (Å²) in [5, 5.41) is 7.35. The molecule has 0 aliphatic heterocycles. The number of anilines is 1. The maximum Gasteiger partial charge on any atom is 0.269 e. The van der Waals surface area contributed by atoms with Crippen molar-refractivity contribution in [3.05, 3.63) is 56.7 Å². The molecular formula is C15H15BrFN3O. The molecule has 1 aromatic carbocycles. The van der Waals surface area contributed by atoms with Crippen LogP contribution in [0.3, 0.4) is 0 Å². The Labute approximate surface area is 130 Å². The van der Waals surface area contributed by atoms with Crippen molar-refractivity contribution in [1.82, 2.24) is 9.78 Å². The van der Waals surface area contributed by atoms with Gasteiger partial charge < -0.3 is 5.32 Å². The second-order valence-corrected chi connectivity index (χ2v) is 6.15. The molecule has 4 nitrogen and oxygen atoms in total. The first-order valence-electron chi connectivity index (χ1n) is 6.87. The van der Waals surface area contributed by atoms with Crippen molar-refractivity contribution in [3.8, 4) is 0 Å². The number of halogens is 2. The Morgan fingerprint density at radius 1 is 1.38 bits per heavy atom. The highest BCUT2D eigenvalue weighted by molar-refractivity contribution is 9.10. The lowest BCUT2D eigenvalue weighted by Gasteiger charge is -2.09. The average molecular weight is 352 g/mol. The van der Waals surface area contributed by atoms with Gasteiger partial charge in [0, 0.05) is 17.1 Å². The number of nitrogens with zero attached hydrogens (tertiary/aromatic N) is 2. The van der Waals surface area contributed by atoms with Crippen LogP contribution in [0.15, 0.2) is 39.7 Å². The summed E-state index contributed by atoms with van der Waals surface area (Å²) < 4.78 is 15.3. The second kappa shape index (κ2) is 5.97. The molecule has 110 valence electrons. The Morgan fingerprint density at radius 2 is 2.19 bits per heavy atom. The fraction of sp³-hybridized carbons (Fsp3) is 0.333. The minimum absolute atomic E-state index is 0.202. The van der Waals surface area contributed by atoms with E-state index >= 15 is 0 Å². The molecule has 0 radical (unpaired) electrons. The number of rotatable bonds is 5. The molecule has 1 fully saturated rings. The van der Waals surface area contributed by atoms with E-state index in [1.807, 2.05) is 0 Å². The first kappa shape index (κ1) is 14.3. The van der Waals surface area contributed by atoms with Gasteiger partial charge >= 0.3 is 0 Å². The van der Waals surface area contributed by atoms with Crippen molar-refractivity contribution >= 4 is 21.6 Å². The zero-order chi connectivity index (χ0) is 14.8. The molecule has 0 unspecified atom stereocenters. The SMILES string of the molecule is O=c1cc(NCC2CC2)cnn1Cc1cc(F)ccc1Br. The Bertz CT molecular complexity index is 712. The van der Waals surface area contributed by atoms with Crippen LogP contribution in [0.1, 0.15) is 18.4 Å². The third kappa shape index (κ3) is 3.69. The van der Waals surface area contributed by atoms with E-state index < -0.39 is 0 Å². The molecule has 21 heavy (non-hydrogen) atoms. The molecule has 0 saturated heterocycles. The van der Waals surface area contributed by atoms with Crippen molar-refractivity contribution in [2.45, 2.75) is 19.4 Å². The van der Waals surface area contributed by atoms with Crippen LogP contribution in [0.4, 0.5) is 10.1 Å². The Balaban J connectivity index is 1.75. The summed E-state index contributed by atoms with van der Waals surface area (Å²) in [6, 6.07) is 5.93. The molecule has 1 N–H and O–H groups in total. The van der Waals surface area contributed by atoms with E-state index in [1.54, 1.807) is 12.3 Å². The van der Waals surface area contributed by atoms with Crippen LogP contribution in [-0.2, 0) is 6.54 Å². The molecule has 0 atom stereocenters. The zero-order valence-corrected chi connectivity index (χ0v) is 12.9. The van der Waals surface area contributed by atoms with Gasteiger partial charge in [0.25, 0.3) is 5.56 Å². The van der Waals surface area contributed by atoms with Gasteiger partial charge in [-0.2, -0.15) is 5.10 Å². The molecule has 0 bridgehead atoms. The summed E-state index contributed by atoms with van der Waals surface area (Å²) in [6.45, 7) is 1.13. The number of benzene rings is 1. The van der Waals surface area contributed by atoms with E-state index in [2.05, 4.69) is 26.3 Å². The predicted molar refractivity (Wildman–Crippen MR) is 82.9 cm³/mol. The van der Waals surface area contributed by atoms with Gasteiger partial charge in [-0.25, -0.2) is 9.07 Å². The van der Waals surface area contributed by atoms with Crippen LogP contribution in [-0.4, -0.2) is 16.3 Å². The highest BCUT2D eigenvalue weighted by atomic mass is 79.9. The van der Waals surface area contributed by atoms with Crippen LogP contribution < -0.4 is 10.9 Å². The van der Waals surface area contributed by atoms with Crippen LogP contribution in [0, 0.1) is 11.7 Å². The van der Waals surface area contributed by atoms with E-state index in [0.29, 0.717) is 5.56 Å². The molecule has 3 rings (SSSR count). The minimum atomic E-state index is -0.330. The van der Waals surface area contributed by atoms with E-state index in [4.69, 9.17) is 0 Å². The molecule has 1 aliphatic rings. The predicted octanol–water partition coefficient (Wildman–Crippen LogP) is 3.02. The fourth-order valence-corrected chi connectivity index (χ4v) is 2.43. The normalized spacial score (nSPS) is 14.2. The van der Waals surface area contributed by atoms with Gasteiger partial charge in [-0.15, -0.1) is 0 Å². The molecular weight excluding hydrogens is 337 g/mol. The average Bonchev–Trinajstić information content (AvgIpc) is 3.27. The van der Waals surface area contributed by atoms with Crippen LogP contribution in [0.2, 0.25) is 0 Å². The Morgan fingerprint density at radius 3 is 2.90 bits per heavy atom. The largest absolute Gasteiger partial charge is 0.383 e. The van der Waals surface area contributed by atoms with Crippen molar-refractivity contribution in [1.29, 1.82) is 0 Å². The monoisotopic (exact) mass is 351 g/mol. The third-order valence-corrected chi connectivity index (χ3v) is 4.26. The zero-order valence-electron chi connectivity index (χ0n) is 11.4. The molecule has 1 saturated carbocycles. The van der Waals surface area contributed by atoms with Crippen molar-refractivity contribution in [2.75, 3.05) is 11.9 Å². The van der Waals surface area contributed by atoms with Crippen LogP contribution in [0.25, 0.3) is 0 Å². The molecule has 6 heteroatoms. The number of nitrogens with one attached hydrogen (secondary N) is 1. The summed E-state index contributed by atoms with van der Waals surface area (Å²) in [6.07, 6.45) is 4.15. The highest BCUT2D eigenvalue weighted by Crippen LogP contribution is 2.28. The van der Waals surface area contributed by atoms with Gasteiger partial charge in [0.05, 0.1) is 18.4 Å². The van der Waals surface area contributed by atoms with Gasteiger partial charge in [0.1, 0.15) is 5.82 Å². The number of aromatic nitrogens is 2. The summed E-state index contributed by atoms with van der Waals surface area (Å²) >= 11 is 3.35. The van der Waals surface area contributed by atoms with Crippen molar-refractivity contribution < 1.29 is 4.39 Å². The molecule has 1 aromatic heterocycles. The van der Waals surface area contributed by atoms with Crippen molar-refractivity contribution in [2.24, 2.45) is 5.92 Å². The summed E-state index contributed by atoms with van der Waals surface area (Å²) in [5.74, 6) is 0.402. The lowest BCUT2D eigenvalue weighted by atomic mass is 10.2. The summed E-state index contributed by atoms with van der Waals surface area (Å²) in [7, 11) is 0. The lowest BCUT2D eigenvalue weighted by Crippen LogP contribution is -2.23. The summed E-state index contributed by atoms with van der Waals surface area (Å²) in [4.78, 5) is 12.1. The molecule has 1 heterocycles. The molecule has 0 amide bonds. The highest BCUT2D eigenvalue weighted by Gasteiger charge is 2.20. The van der Waals surface area contributed by atoms with Crippen LogP contribution >= 0.6 is 15.9 Å². The van der Waals surface area contributed by atoms with E-state index in [1.165, 1.54) is 35.7 Å². The standard InChI is InChI=1S/C15H15BrFN3O/c16-14-4-3-12(17)5-11(14)9-20-15(21)6-13(8-19-20)18-7-10-1-2-10/h3-6,8,10,18H,1-2,7,9H2. The Hall–Kier alpha value is -1.69. The molecule has 2 aromatic rings.